The highest BCUT2D eigenvalue weighted by atomic mass is 16.4. The molecule has 0 spiro atoms. The highest BCUT2D eigenvalue weighted by Gasteiger charge is 2.19. The monoisotopic (exact) mass is 299 g/mol. The highest BCUT2D eigenvalue weighted by molar-refractivity contribution is 5.91. The molecule has 5 nitrogen and oxygen atoms in total. The van der Waals surface area contributed by atoms with E-state index < -0.39 is 5.97 Å². The van der Waals surface area contributed by atoms with Crippen molar-refractivity contribution in [2.45, 2.75) is 33.1 Å². The van der Waals surface area contributed by atoms with Gasteiger partial charge in [-0.2, -0.15) is 5.10 Å². The lowest BCUT2D eigenvalue weighted by Gasteiger charge is -2.14. The largest absolute Gasteiger partial charge is 0.478 e. The quantitative estimate of drug-likeness (QED) is 0.852. The molecule has 0 saturated heterocycles. The number of nitrogen functional groups attached to an aromatic ring is 1. The average molecular weight is 299 g/mol. The molecule has 2 aromatic rings. The van der Waals surface area contributed by atoms with Crippen LogP contribution >= 0.6 is 0 Å². The maximum Gasteiger partial charge on any atom is 0.331 e. The lowest BCUT2D eigenvalue weighted by molar-refractivity contribution is -0.132. The number of nitrogens with zero attached hydrogens (tertiary/aromatic N) is 2. The summed E-state index contributed by atoms with van der Waals surface area (Å²) in [6, 6.07) is 9.32. The molecular weight excluding hydrogens is 278 g/mol. The molecule has 22 heavy (non-hydrogen) atoms. The molecule has 0 aliphatic rings. The van der Waals surface area contributed by atoms with Crippen molar-refractivity contribution in [2.24, 2.45) is 0 Å². The molecular formula is C17H21N3O2. The van der Waals surface area contributed by atoms with Gasteiger partial charge in [0.1, 0.15) is 5.82 Å². The number of aromatic nitrogens is 2. The van der Waals surface area contributed by atoms with Gasteiger partial charge in [-0.25, -0.2) is 9.48 Å². The molecule has 1 aromatic heterocycles. The third-order valence-corrected chi connectivity index (χ3v) is 3.34. The van der Waals surface area contributed by atoms with Crippen LogP contribution in [0.1, 0.15) is 39.0 Å². The van der Waals surface area contributed by atoms with E-state index in [0.29, 0.717) is 5.82 Å². The summed E-state index contributed by atoms with van der Waals surface area (Å²) in [5.74, 6) is -0.375. The van der Waals surface area contributed by atoms with Crippen LogP contribution in [0.5, 0.6) is 0 Å². The van der Waals surface area contributed by atoms with E-state index in [1.54, 1.807) is 17.7 Å². The number of anilines is 1. The molecule has 1 aromatic carbocycles. The molecule has 0 atom stereocenters. The third-order valence-electron chi connectivity index (χ3n) is 3.34. The molecule has 1 heterocycles. The number of hydrogen-bond acceptors (Lipinski definition) is 3. The number of aliphatic carboxylic acids is 1. The molecule has 0 radical (unpaired) electrons. The van der Waals surface area contributed by atoms with Crippen molar-refractivity contribution in [3.63, 3.8) is 0 Å². The van der Waals surface area contributed by atoms with Gasteiger partial charge in [0.05, 0.1) is 11.4 Å². The summed E-state index contributed by atoms with van der Waals surface area (Å²) >= 11 is 0. The first-order valence-corrected chi connectivity index (χ1v) is 7.06. The minimum atomic E-state index is -0.931. The Morgan fingerprint density at radius 3 is 2.55 bits per heavy atom. The standard InChI is InChI=1S/C17H21N3O2/c1-11(16(21)22)8-12-6-5-7-13(9-12)20-15(18)10-14(19-20)17(2,3)4/h5-10H,18H2,1-4H3,(H,21,22)/b11-8+. The van der Waals surface area contributed by atoms with Crippen molar-refractivity contribution in [1.82, 2.24) is 9.78 Å². The van der Waals surface area contributed by atoms with E-state index in [9.17, 15) is 4.79 Å². The lowest BCUT2D eigenvalue weighted by Crippen LogP contribution is -2.12. The van der Waals surface area contributed by atoms with Gasteiger partial charge in [-0.05, 0) is 30.7 Å². The van der Waals surface area contributed by atoms with Crippen LogP contribution in [0.15, 0.2) is 35.9 Å². The van der Waals surface area contributed by atoms with Crippen molar-refractivity contribution in [2.75, 3.05) is 5.73 Å². The number of hydrogen-bond donors (Lipinski definition) is 2. The second kappa shape index (κ2) is 5.67. The van der Waals surface area contributed by atoms with Crippen molar-refractivity contribution in [3.05, 3.63) is 47.2 Å². The Morgan fingerprint density at radius 1 is 1.32 bits per heavy atom. The van der Waals surface area contributed by atoms with Crippen LogP contribution in [0, 0.1) is 0 Å². The minimum absolute atomic E-state index is 0.0865. The number of carbonyl (C=O) groups is 1. The van der Waals surface area contributed by atoms with E-state index in [2.05, 4.69) is 25.9 Å². The zero-order valence-electron chi connectivity index (χ0n) is 13.3. The zero-order valence-corrected chi connectivity index (χ0v) is 13.3. The third kappa shape index (κ3) is 3.36. The minimum Gasteiger partial charge on any atom is -0.478 e. The van der Waals surface area contributed by atoms with Crippen LogP contribution in [-0.4, -0.2) is 20.9 Å². The number of benzene rings is 1. The molecule has 116 valence electrons. The van der Waals surface area contributed by atoms with E-state index in [4.69, 9.17) is 10.8 Å². The maximum absolute atomic E-state index is 10.9. The fourth-order valence-corrected chi connectivity index (χ4v) is 2.03. The first kappa shape index (κ1) is 15.8. The highest BCUT2D eigenvalue weighted by Crippen LogP contribution is 2.25. The van der Waals surface area contributed by atoms with Crippen molar-refractivity contribution in [1.29, 1.82) is 0 Å². The Hall–Kier alpha value is -2.56. The summed E-state index contributed by atoms with van der Waals surface area (Å²) in [6.45, 7) is 7.80. The van der Waals surface area contributed by atoms with Gasteiger partial charge in [0.25, 0.3) is 0 Å². The van der Waals surface area contributed by atoms with E-state index in [-0.39, 0.29) is 11.0 Å². The fourth-order valence-electron chi connectivity index (χ4n) is 2.03. The molecule has 0 saturated carbocycles. The van der Waals surface area contributed by atoms with Gasteiger partial charge in [-0.1, -0.05) is 32.9 Å². The van der Waals surface area contributed by atoms with Crippen molar-refractivity contribution in [3.8, 4) is 5.69 Å². The summed E-state index contributed by atoms with van der Waals surface area (Å²) in [4.78, 5) is 10.9. The van der Waals surface area contributed by atoms with Crippen LogP contribution in [0.4, 0.5) is 5.82 Å². The van der Waals surface area contributed by atoms with Gasteiger partial charge < -0.3 is 10.8 Å². The molecule has 3 N–H and O–H groups in total. The molecule has 0 fully saturated rings. The summed E-state index contributed by atoms with van der Waals surface area (Å²) in [5, 5.41) is 13.5. The van der Waals surface area contributed by atoms with Crippen LogP contribution in [0.25, 0.3) is 11.8 Å². The molecule has 0 aliphatic heterocycles. The Kier molecular flexibility index (Phi) is 4.08. The number of rotatable bonds is 3. The van der Waals surface area contributed by atoms with E-state index >= 15 is 0 Å². The van der Waals surface area contributed by atoms with Crippen LogP contribution in [0.2, 0.25) is 0 Å². The predicted octanol–water partition coefficient (Wildman–Crippen LogP) is 3.24. The van der Waals surface area contributed by atoms with Crippen LogP contribution < -0.4 is 5.73 Å². The summed E-state index contributed by atoms with van der Waals surface area (Å²) in [5.41, 5.74) is 8.76. The molecule has 5 heteroatoms. The van der Waals surface area contributed by atoms with Gasteiger partial charge in [0.2, 0.25) is 0 Å². The SMILES string of the molecule is C/C(=C\c1cccc(-n2nc(C(C)(C)C)cc2N)c1)C(=O)O. The summed E-state index contributed by atoms with van der Waals surface area (Å²) in [6.07, 6.45) is 1.62. The van der Waals surface area contributed by atoms with Gasteiger partial charge in [0.15, 0.2) is 0 Å². The second-order valence-electron chi connectivity index (χ2n) is 6.34. The normalized spacial score (nSPS) is 12.5. The van der Waals surface area contributed by atoms with Crippen molar-refractivity contribution >= 4 is 17.9 Å². The molecule has 0 aliphatic carbocycles. The smallest absolute Gasteiger partial charge is 0.331 e. The molecule has 2 rings (SSSR count). The Bertz CT molecular complexity index is 737. The van der Waals surface area contributed by atoms with Gasteiger partial charge >= 0.3 is 5.97 Å². The van der Waals surface area contributed by atoms with E-state index in [1.807, 2.05) is 30.3 Å². The van der Waals surface area contributed by atoms with Crippen molar-refractivity contribution < 1.29 is 9.90 Å². The molecule has 0 unspecified atom stereocenters. The second-order valence-corrected chi connectivity index (χ2v) is 6.34. The van der Waals surface area contributed by atoms with Crippen LogP contribution in [-0.2, 0) is 10.2 Å². The zero-order chi connectivity index (χ0) is 16.5. The number of nitrogens with two attached hydrogens (primary N) is 1. The van der Waals surface area contributed by atoms with Gasteiger partial charge in [-0.3, -0.25) is 0 Å². The maximum atomic E-state index is 10.9. The Balaban J connectivity index is 2.45. The van der Waals surface area contributed by atoms with Gasteiger partial charge in [-0.15, -0.1) is 0 Å². The van der Waals surface area contributed by atoms with E-state index in [1.165, 1.54) is 0 Å². The first-order chi connectivity index (χ1) is 10.2. The lowest BCUT2D eigenvalue weighted by atomic mass is 9.92. The average Bonchev–Trinajstić information content (AvgIpc) is 2.81. The van der Waals surface area contributed by atoms with Gasteiger partial charge in [0, 0.05) is 17.1 Å². The molecule has 0 amide bonds. The number of carboxylic acids is 1. The van der Waals surface area contributed by atoms with Crippen LogP contribution in [0.3, 0.4) is 0 Å². The fraction of sp³-hybridized carbons (Fsp3) is 0.294. The van der Waals surface area contributed by atoms with E-state index in [0.717, 1.165) is 16.9 Å². The predicted molar refractivity (Wildman–Crippen MR) is 88.0 cm³/mol. The number of carboxylic acid groups (broad SMARTS) is 1. The first-order valence-electron chi connectivity index (χ1n) is 7.06. The molecule has 0 bridgehead atoms. The summed E-state index contributed by atoms with van der Waals surface area (Å²) < 4.78 is 1.67. The topological polar surface area (TPSA) is 81.1 Å². The Morgan fingerprint density at radius 2 is 2.00 bits per heavy atom. The Labute approximate surface area is 130 Å². The summed E-state index contributed by atoms with van der Waals surface area (Å²) in [7, 11) is 0.